The predicted molar refractivity (Wildman–Crippen MR) is 110 cm³/mol. The predicted octanol–water partition coefficient (Wildman–Crippen LogP) is 3.40. The number of nitrogens with one attached hydrogen (secondary N) is 2. The Morgan fingerprint density at radius 2 is 2.07 bits per heavy atom. The third kappa shape index (κ3) is 5.17. The number of hydrogen-bond acceptors (Lipinski definition) is 5. The molecule has 0 aliphatic heterocycles. The summed E-state index contributed by atoms with van der Waals surface area (Å²) in [6, 6.07) is 8.86. The number of nitrogens with zero attached hydrogens (tertiary/aromatic N) is 1. The zero-order valence-corrected chi connectivity index (χ0v) is 17.2. The van der Waals surface area contributed by atoms with Gasteiger partial charge in [-0.05, 0) is 61.4 Å². The zero-order chi connectivity index (χ0) is 19.6. The van der Waals surface area contributed by atoms with Crippen LogP contribution in [0.2, 0.25) is 0 Å². The number of thiophene rings is 1. The van der Waals surface area contributed by atoms with Crippen molar-refractivity contribution in [3.8, 4) is 0 Å². The average Bonchev–Trinajstić information content (AvgIpc) is 3.01. The largest absolute Gasteiger partial charge is 0.284 e. The van der Waals surface area contributed by atoms with E-state index in [1.54, 1.807) is 36.5 Å². The van der Waals surface area contributed by atoms with Gasteiger partial charge in [-0.2, -0.15) is 5.10 Å². The fraction of sp³-hybridized carbons (Fsp3) is 0.368. The van der Waals surface area contributed by atoms with Gasteiger partial charge in [0.15, 0.2) is 0 Å². The van der Waals surface area contributed by atoms with Crippen molar-refractivity contribution in [2.75, 3.05) is 11.0 Å². The Morgan fingerprint density at radius 1 is 1.30 bits per heavy atom. The van der Waals surface area contributed by atoms with Crippen LogP contribution < -0.4 is 10.1 Å². The first kappa shape index (κ1) is 19.6. The summed E-state index contributed by atoms with van der Waals surface area (Å²) < 4.78 is 25.2. The van der Waals surface area contributed by atoms with E-state index >= 15 is 0 Å². The number of carbonyl (C=O) groups excluding carboxylic acids is 1. The fourth-order valence-electron chi connectivity index (χ4n) is 3.06. The van der Waals surface area contributed by atoms with Crippen LogP contribution in [0.4, 0.5) is 5.69 Å². The minimum absolute atomic E-state index is 0.216. The highest BCUT2D eigenvalue weighted by molar-refractivity contribution is 7.92. The molecule has 2 N–H and O–H groups in total. The van der Waals surface area contributed by atoms with Gasteiger partial charge in [0.2, 0.25) is 10.0 Å². The number of rotatable bonds is 5. The van der Waals surface area contributed by atoms with Crippen LogP contribution >= 0.6 is 11.3 Å². The molecule has 0 radical (unpaired) electrons. The van der Waals surface area contributed by atoms with Gasteiger partial charge in [-0.1, -0.05) is 19.1 Å². The topological polar surface area (TPSA) is 87.6 Å². The third-order valence-corrected chi connectivity index (χ3v) is 6.27. The number of hydrogen-bond donors (Lipinski definition) is 2. The zero-order valence-electron chi connectivity index (χ0n) is 15.6. The lowest BCUT2D eigenvalue weighted by molar-refractivity contribution is 0.0959. The first-order valence-electron chi connectivity index (χ1n) is 8.75. The molecule has 8 heteroatoms. The number of amides is 1. The van der Waals surface area contributed by atoms with Crippen LogP contribution in [0.3, 0.4) is 0 Å². The van der Waals surface area contributed by atoms with Crippen LogP contribution in [0.15, 0.2) is 35.4 Å². The maximum absolute atomic E-state index is 12.4. The third-order valence-electron chi connectivity index (χ3n) is 4.47. The van der Waals surface area contributed by atoms with Crippen LogP contribution in [-0.4, -0.2) is 26.3 Å². The van der Waals surface area contributed by atoms with Crippen molar-refractivity contribution >= 4 is 38.7 Å². The summed E-state index contributed by atoms with van der Waals surface area (Å²) in [5.74, 6) is 0.451. The quantitative estimate of drug-likeness (QED) is 0.590. The lowest BCUT2D eigenvalue weighted by atomic mass is 9.90. The van der Waals surface area contributed by atoms with Crippen molar-refractivity contribution in [1.29, 1.82) is 0 Å². The molecule has 1 aromatic carbocycles. The van der Waals surface area contributed by atoms with E-state index in [2.05, 4.69) is 22.2 Å². The Balaban J connectivity index is 1.70. The van der Waals surface area contributed by atoms with Gasteiger partial charge >= 0.3 is 0 Å². The van der Waals surface area contributed by atoms with E-state index in [0.29, 0.717) is 22.2 Å². The Labute approximate surface area is 163 Å². The number of hydrazone groups is 1. The second-order valence-electron chi connectivity index (χ2n) is 7.00. The monoisotopic (exact) mass is 405 g/mol. The Kier molecular flexibility index (Phi) is 5.67. The molecule has 2 aromatic rings. The summed E-state index contributed by atoms with van der Waals surface area (Å²) in [5, 5.41) is 4.18. The van der Waals surface area contributed by atoms with Gasteiger partial charge in [0.05, 0.1) is 16.8 Å². The number of benzene rings is 1. The molecule has 1 heterocycles. The number of anilines is 1. The van der Waals surface area contributed by atoms with Gasteiger partial charge < -0.3 is 0 Å². The minimum atomic E-state index is -3.35. The molecule has 3 rings (SSSR count). The standard InChI is InChI=1S/C19H23N3O3S2/c1-12-7-8-15-11-18(26-17(15)9-12)19(23)21-20-13(2)14-5-4-6-16(10-14)22-27(3,24)25/h4-6,10-12,22H,7-9H2,1-3H3,(H,21,23). The molecule has 27 heavy (non-hydrogen) atoms. The molecule has 1 aromatic heterocycles. The molecule has 144 valence electrons. The first-order valence-corrected chi connectivity index (χ1v) is 11.5. The Hall–Kier alpha value is -2.19. The van der Waals surface area contributed by atoms with Gasteiger partial charge in [-0.15, -0.1) is 11.3 Å². The molecule has 6 nitrogen and oxygen atoms in total. The maximum Gasteiger partial charge on any atom is 0.281 e. The molecule has 0 fully saturated rings. The van der Waals surface area contributed by atoms with Crippen molar-refractivity contribution in [3.63, 3.8) is 0 Å². The van der Waals surface area contributed by atoms with Gasteiger partial charge in [0, 0.05) is 10.6 Å². The lowest BCUT2D eigenvalue weighted by Gasteiger charge is -2.16. The second kappa shape index (κ2) is 7.82. The van der Waals surface area contributed by atoms with Crippen LogP contribution in [0, 0.1) is 5.92 Å². The molecular formula is C19H23N3O3S2. The molecule has 1 aliphatic carbocycles. The molecule has 1 aliphatic rings. The molecular weight excluding hydrogens is 382 g/mol. The average molecular weight is 406 g/mol. The highest BCUT2D eigenvalue weighted by Gasteiger charge is 2.20. The second-order valence-corrected chi connectivity index (χ2v) is 9.89. The molecule has 0 saturated carbocycles. The maximum atomic E-state index is 12.4. The number of sulfonamides is 1. The van der Waals surface area contributed by atoms with Crippen LogP contribution in [0.25, 0.3) is 0 Å². The van der Waals surface area contributed by atoms with Gasteiger partial charge in [-0.25, -0.2) is 13.8 Å². The van der Waals surface area contributed by atoms with Crippen LogP contribution in [0.5, 0.6) is 0 Å². The molecule has 1 atom stereocenters. The summed E-state index contributed by atoms with van der Waals surface area (Å²) in [7, 11) is -3.35. The molecule has 1 amide bonds. The highest BCUT2D eigenvalue weighted by atomic mass is 32.2. The molecule has 0 saturated heterocycles. The molecule has 1 unspecified atom stereocenters. The van der Waals surface area contributed by atoms with E-state index in [-0.39, 0.29) is 5.91 Å². The normalized spacial score (nSPS) is 17.3. The molecule has 0 bridgehead atoms. The van der Waals surface area contributed by atoms with E-state index in [0.717, 1.165) is 24.7 Å². The lowest BCUT2D eigenvalue weighted by Crippen LogP contribution is -2.18. The van der Waals surface area contributed by atoms with Crippen LogP contribution in [-0.2, 0) is 22.9 Å². The van der Waals surface area contributed by atoms with E-state index in [1.165, 1.54) is 16.9 Å². The number of carbonyl (C=O) groups is 1. The van der Waals surface area contributed by atoms with E-state index in [4.69, 9.17) is 0 Å². The summed E-state index contributed by atoms with van der Waals surface area (Å²) in [4.78, 5) is 14.4. The highest BCUT2D eigenvalue weighted by Crippen LogP contribution is 2.32. The summed E-state index contributed by atoms with van der Waals surface area (Å²) in [5.41, 5.74) is 5.66. The van der Waals surface area contributed by atoms with Gasteiger partial charge in [0.1, 0.15) is 0 Å². The minimum Gasteiger partial charge on any atom is -0.284 e. The van der Waals surface area contributed by atoms with E-state index < -0.39 is 10.0 Å². The van der Waals surface area contributed by atoms with Gasteiger partial charge in [0.25, 0.3) is 5.91 Å². The van der Waals surface area contributed by atoms with Crippen molar-refractivity contribution < 1.29 is 13.2 Å². The smallest absolute Gasteiger partial charge is 0.281 e. The summed E-state index contributed by atoms with van der Waals surface area (Å²) in [6.45, 7) is 4.00. The van der Waals surface area contributed by atoms with E-state index in [1.807, 2.05) is 12.1 Å². The van der Waals surface area contributed by atoms with Crippen molar-refractivity contribution in [3.05, 3.63) is 51.2 Å². The van der Waals surface area contributed by atoms with Crippen molar-refractivity contribution in [1.82, 2.24) is 5.43 Å². The summed E-state index contributed by atoms with van der Waals surface area (Å²) >= 11 is 1.55. The Bertz CT molecular complexity index is 993. The van der Waals surface area contributed by atoms with E-state index in [9.17, 15) is 13.2 Å². The summed E-state index contributed by atoms with van der Waals surface area (Å²) in [6.07, 6.45) is 4.33. The van der Waals surface area contributed by atoms with Crippen molar-refractivity contribution in [2.24, 2.45) is 11.0 Å². The number of fused-ring (bicyclic) bond motifs is 1. The SMILES string of the molecule is CC(=NNC(=O)c1cc2c(s1)CC(C)CC2)c1cccc(NS(C)(=O)=O)c1. The molecule has 0 spiro atoms. The van der Waals surface area contributed by atoms with Crippen LogP contribution in [0.1, 0.15) is 45.9 Å². The number of aryl methyl sites for hydroxylation is 1. The first-order chi connectivity index (χ1) is 12.7. The van der Waals surface area contributed by atoms with Gasteiger partial charge in [-0.3, -0.25) is 9.52 Å². The fourth-order valence-corrected chi connectivity index (χ4v) is 4.88. The van der Waals surface area contributed by atoms with Crippen molar-refractivity contribution in [2.45, 2.75) is 33.1 Å². The Morgan fingerprint density at radius 3 is 2.81 bits per heavy atom.